The molecule has 2 aromatic rings. The second-order valence-electron chi connectivity index (χ2n) is 4.21. The maximum Gasteiger partial charge on any atom is 0.147 e. The van der Waals surface area contributed by atoms with Gasteiger partial charge in [0.2, 0.25) is 0 Å². The molecule has 1 heterocycles. The molecule has 1 fully saturated rings. The Balaban J connectivity index is 1.87. The summed E-state index contributed by atoms with van der Waals surface area (Å²) < 4.78 is 5.16. The van der Waals surface area contributed by atoms with Gasteiger partial charge in [-0.05, 0) is 24.3 Å². The van der Waals surface area contributed by atoms with Gasteiger partial charge in [-0.25, -0.2) is 0 Å². The first-order valence-electron chi connectivity index (χ1n) is 5.49. The molecule has 1 aromatic heterocycles. The molecule has 1 saturated carbocycles. The summed E-state index contributed by atoms with van der Waals surface area (Å²) >= 11 is 3.35. The second kappa shape index (κ2) is 4.06. The molecule has 0 atom stereocenters. The lowest BCUT2D eigenvalue weighted by atomic mass is 10.1. The number of nitrogens with zero attached hydrogens (tertiary/aromatic N) is 1. The lowest BCUT2D eigenvalue weighted by Gasteiger charge is -1.99. The number of halogens is 1. The first-order chi connectivity index (χ1) is 7.86. The third-order valence-corrected chi connectivity index (χ3v) is 3.50. The summed E-state index contributed by atoms with van der Waals surface area (Å²) in [5, 5.41) is 4.75. The predicted molar refractivity (Wildman–Crippen MR) is 66.5 cm³/mol. The maximum atomic E-state index is 5.16. The SMILES string of the molecule is BrCc1cc(-c2ccc(C3CC3)cc2)no1. The summed E-state index contributed by atoms with van der Waals surface area (Å²) in [6, 6.07) is 10.6. The van der Waals surface area contributed by atoms with Gasteiger partial charge >= 0.3 is 0 Å². The third-order valence-electron chi connectivity index (χ3n) is 2.95. The van der Waals surface area contributed by atoms with E-state index in [1.165, 1.54) is 18.4 Å². The van der Waals surface area contributed by atoms with Crippen LogP contribution in [0.3, 0.4) is 0 Å². The molecule has 0 aliphatic heterocycles. The molecule has 0 amide bonds. The fraction of sp³-hybridized carbons (Fsp3) is 0.308. The largest absolute Gasteiger partial charge is 0.360 e. The zero-order valence-electron chi connectivity index (χ0n) is 8.82. The van der Waals surface area contributed by atoms with Crippen LogP contribution in [0.1, 0.15) is 30.1 Å². The summed E-state index contributed by atoms with van der Waals surface area (Å²) in [7, 11) is 0. The van der Waals surface area contributed by atoms with E-state index in [1.54, 1.807) is 0 Å². The van der Waals surface area contributed by atoms with Crippen molar-refractivity contribution in [3.05, 3.63) is 41.7 Å². The highest BCUT2D eigenvalue weighted by atomic mass is 79.9. The minimum Gasteiger partial charge on any atom is -0.360 e. The Labute approximate surface area is 103 Å². The first kappa shape index (κ1) is 10.1. The van der Waals surface area contributed by atoms with Crippen LogP contribution in [0, 0.1) is 0 Å². The zero-order chi connectivity index (χ0) is 11.0. The molecule has 1 aromatic carbocycles. The van der Waals surface area contributed by atoms with Crippen molar-refractivity contribution in [1.82, 2.24) is 5.16 Å². The van der Waals surface area contributed by atoms with Crippen molar-refractivity contribution >= 4 is 15.9 Å². The smallest absolute Gasteiger partial charge is 0.147 e. The highest BCUT2D eigenvalue weighted by Crippen LogP contribution is 2.40. The van der Waals surface area contributed by atoms with Crippen molar-refractivity contribution in [1.29, 1.82) is 0 Å². The minimum absolute atomic E-state index is 0.708. The molecule has 0 bridgehead atoms. The van der Waals surface area contributed by atoms with Crippen LogP contribution in [0.15, 0.2) is 34.9 Å². The molecule has 0 saturated heterocycles. The fourth-order valence-electron chi connectivity index (χ4n) is 1.85. The first-order valence-corrected chi connectivity index (χ1v) is 6.61. The van der Waals surface area contributed by atoms with Crippen LogP contribution in [0.2, 0.25) is 0 Å². The molecule has 16 heavy (non-hydrogen) atoms. The van der Waals surface area contributed by atoms with Crippen LogP contribution in [0.5, 0.6) is 0 Å². The van der Waals surface area contributed by atoms with Gasteiger partial charge in [-0.15, -0.1) is 0 Å². The summed E-state index contributed by atoms with van der Waals surface area (Å²) in [6.07, 6.45) is 2.69. The molecule has 1 aliphatic carbocycles. The van der Waals surface area contributed by atoms with Crippen molar-refractivity contribution in [2.75, 3.05) is 0 Å². The van der Waals surface area contributed by atoms with E-state index in [4.69, 9.17) is 4.52 Å². The molecule has 2 nitrogen and oxygen atoms in total. The standard InChI is InChI=1S/C13H12BrNO/c14-8-12-7-13(15-16-12)11-5-3-10(4-6-11)9-1-2-9/h3-7,9H,1-2,8H2. The topological polar surface area (TPSA) is 26.0 Å². The van der Waals surface area contributed by atoms with E-state index >= 15 is 0 Å². The van der Waals surface area contributed by atoms with E-state index in [1.807, 2.05) is 6.07 Å². The van der Waals surface area contributed by atoms with Crippen molar-refractivity contribution in [3.63, 3.8) is 0 Å². The van der Waals surface area contributed by atoms with Crippen LogP contribution in [-0.4, -0.2) is 5.16 Å². The average Bonchev–Trinajstić information content (AvgIpc) is 3.07. The third kappa shape index (κ3) is 1.92. The summed E-state index contributed by atoms with van der Waals surface area (Å²) in [5.74, 6) is 1.67. The quantitative estimate of drug-likeness (QED) is 0.789. The van der Waals surface area contributed by atoms with Crippen LogP contribution < -0.4 is 0 Å². The lowest BCUT2D eigenvalue weighted by molar-refractivity contribution is 0.398. The molecule has 3 rings (SSSR count). The van der Waals surface area contributed by atoms with Gasteiger partial charge in [0.05, 0.1) is 5.33 Å². The normalized spacial score (nSPS) is 15.3. The van der Waals surface area contributed by atoms with E-state index in [0.29, 0.717) is 5.33 Å². The number of benzene rings is 1. The number of hydrogen-bond donors (Lipinski definition) is 0. The van der Waals surface area contributed by atoms with Gasteiger partial charge in [-0.1, -0.05) is 45.4 Å². The Kier molecular flexibility index (Phi) is 2.56. The van der Waals surface area contributed by atoms with Crippen molar-refractivity contribution < 1.29 is 4.52 Å². The summed E-state index contributed by atoms with van der Waals surface area (Å²) in [5.41, 5.74) is 3.49. The zero-order valence-corrected chi connectivity index (χ0v) is 10.4. The van der Waals surface area contributed by atoms with Crippen molar-refractivity contribution in [3.8, 4) is 11.3 Å². The van der Waals surface area contributed by atoms with Crippen LogP contribution in [0.25, 0.3) is 11.3 Å². The highest BCUT2D eigenvalue weighted by molar-refractivity contribution is 9.08. The van der Waals surface area contributed by atoms with Gasteiger partial charge in [-0.2, -0.15) is 0 Å². The molecule has 0 radical (unpaired) electrons. The van der Waals surface area contributed by atoms with Gasteiger partial charge in [-0.3, -0.25) is 0 Å². The van der Waals surface area contributed by atoms with Crippen LogP contribution in [-0.2, 0) is 5.33 Å². The Morgan fingerprint density at radius 2 is 2.00 bits per heavy atom. The monoisotopic (exact) mass is 277 g/mol. The van der Waals surface area contributed by atoms with E-state index in [0.717, 1.165) is 22.9 Å². The molecule has 0 unspecified atom stereocenters. The molecule has 3 heteroatoms. The van der Waals surface area contributed by atoms with Crippen molar-refractivity contribution in [2.45, 2.75) is 24.1 Å². The Hall–Kier alpha value is -1.09. The minimum atomic E-state index is 0.708. The molecular formula is C13H12BrNO. The number of rotatable bonds is 3. The molecular weight excluding hydrogens is 266 g/mol. The van der Waals surface area contributed by atoms with E-state index in [9.17, 15) is 0 Å². The van der Waals surface area contributed by atoms with Gasteiger partial charge in [0.15, 0.2) is 0 Å². The molecule has 0 spiro atoms. The predicted octanol–water partition coefficient (Wildman–Crippen LogP) is 4.11. The van der Waals surface area contributed by atoms with E-state index in [2.05, 4.69) is 45.4 Å². The van der Waals surface area contributed by atoms with Crippen LogP contribution in [0.4, 0.5) is 0 Å². The van der Waals surface area contributed by atoms with E-state index < -0.39 is 0 Å². The Morgan fingerprint density at radius 3 is 2.56 bits per heavy atom. The lowest BCUT2D eigenvalue weighted by Crippen LogP contribution is -1.80. The molecule has 0 N–H and O–H groups in total. The number of aromatic nitrogens is 1. The van der Waals surface area contributed by atoms with Crippen LogP contribution >= 0.6 is 15.9 Å². The number of alkyl halides is 1. The summed E-state index contributed by atoms with van der Waals surface area (Å²) in [6.45, 7) is 0. The van der Waals surface area contributed by atoms with Crippen molar-refractivity contribution in [2.24, 2.45) is 0 Å². The second-order valence-corrected chi connectivity index (χ2v) is 4.77. The Morgan fingerprint density at radius 1 is 1.25 bits per heavy atom. The Bertz CT molecular complexity index is 485. The van der Waals surface area contributed by atoms with Gasteiger partial charge in [0.1, 0.15) is 11.5 Å². The van der Waals surface area contributed by atoms with E-state index in [-0.39, 0.29) is 0 Å². The highest BCUT2D eigenvalue weighted by Gasteiger charge is 2.23. The maximum absolute atomic E-state index is 5.16. The molecule has 82 valence electrons. The fourth-order valence-corrected chi connectivity index (χ4v) is 2.12. The van der Waals surface area contributed by atoms with Gasteiger partial charge in [0, 0.05) is 11.6 Å². The summed E-state index contributed by atoms with van der Waals surface area (Å²) in [4.78, 5) is 0. The number of hydrogen-bond acceptors (Lipinski definition) is 2. The van der Waals surface area contributed by atoms with Gasteiger partial charge in [0.25, 0.3) is 0 Å². The van der Waals surface area contributed by atoms with Gasteiger partial charge < -0.3 is 4.52 Å². The average molecular weight is 278 g/mol. The molecule has 1 aliphatic rings.